The standard InChI is InChI=1S/C15H25NO/c1-4-16-15(11-10-13(2)12-17-3)14-8-6-5-7-9-14/h5-9,13,15-16H,4,10-12H2,1-3H3. The van der Waals surface area contributed by atoms with Gasteiger partial charge in [0, 0.05) is 19.8 Å². The molecule has 0 aromatic heterocycles. The third kappa shape index (κ3) is 5.33. The van der Waals surface area contributed by atoms with Crippen LogP contribution in [0.25, 0.3) is 0 Å². The van der Waals surface area contributed by atoms with Crippen molar-refractivity contribution in [3.63, 3.8) is 0 Å². The highest BCUT2D eigenvalue weighted by Gasteiger charge is 2.11. The van der Waals surface area contributed by atoms with Crippen LogP contribution in [0.4, 0.5) is 0 Å². The van der Waals surface area contributed by atoms with E-state index in [2.05, 4.69) is 49.5 Å². The minimum Gasteiger partial charge on any atom is -0.384 e. The van der Waals surface area contributed by atoms with Crippen molar-refractivity contribution in [2.75, 3.05) is 20.3 Å². The molecule has 2 atom stereocenters. The summed E-state index contributed by atoms with van der Waals surface area (Å²) in [5.41, 5.74) is 1.39. The van der Waals surface area contributed by atoms with Crippen LogP contribution in [0.15, 0.2) is 30.3 Å². The smallest absolute Gasteiger partial charge is 0.0487 e. The molecule has 2 nitrogen and oxygen atoms in total. The molecular formula is C15H25NO. The summed E-state index contributed by atoms with van der Waals surface area (Å²) in [6, 6.07) is 11.2. The van der Waals surface area contributed by atoms with Crippen LogP contribution in [0.2, 0.25) is 0 Å². The first-order valence-electron chi connectivity index (χ1n) is 6.55. The lowest BCUT2D eigenvalue weighted by Crippen LogP contribution is -2.21. The van der Waals surface area contributed by atoms with Gasteiger partial charge in [-0.1, -0.05) is 44.2 Å². The maximum atomic E-state index is 5.18. The van der Waals surface area contributed by atoms with Crippen molar-refractivity contribution in [2.24, 2.45) is 5.92 Å². The van der Waals surface area contributed by atoms with Crippen LogP contribution in [0.3, 0.4) is 0 Å². The largest absolute Gasteiger partial charge is 0.384 e. The summed E-state index contributed by atoms with van der Waals surface area (Å²) in [6.45, 7) is 6.28. The van der Waals surface area contributed by atoms with Gasteiger partial charge < -0.3 is 10.1 Å². The lowest BCUT2D eigenvalue weighted by molar-refractivity contribution is 0.152. The second-order valence-electron chi connectivity index (χ2n) is 4.66. The van der Waals surface area contributed by atoms with Gasteiger partial charge in [0.1, 0.15) is 0 Å². The number of ether oxygens (including phenoxy) is 1. The fourth-order valence-corrected chi connectivity index (χ4v) is 2.14. The third-order valence-electron chi connectivity index (χ3n) is 3.05. The molecule has 2 unspecified atom stereocenters. The highest BCUT2D eigenvalue weighted by Crippen LogP contribution is 2.20. The Morgan fingerprint density at radius 3 is 2.47 bits per heavy atom. The monoisotopic (exact) mass is 235 g/mol. The van der Waals surface area contributed by atoms with Gasteiger partial charge in [-0.15, -0.1) is 0 Å². The molecule has 1 N–H and O–H groups in total. The molecule has 0 aliphatic heterocycles. The SMILES string of the molecule is CCNC(CCC(C)COC)c1ccccc1. The van der Waals surface area contributed by atoms with Crippen molar-refractivity contribution in [2.45, 2.75) is 32.7 Å². The van der Waals surface area contributed by atoms with Crippen molar-refractivity contribution >= 4 is 0 Å². The highest BCUT2D eigenvalue weighted by atomic mass is 16.5. The summed E-state index contributed by atoms with van der Waals surface area (Å²) < 4.78 is 5.18. The van der Waals surface area contributed by atoms with Crippen LogP contribution >= 0.6 is 0 Å². The van der Waals surface area contributed by atoms with Crippen molar-refractivity contribution in [1.29, 1.82) is 0 Å². The summed E-state index contributed by atoms with van der Waals surface area (Å²) >= 11 is 0. The van der Waals surface area contributed by atoms with E-state index < -0.39 is 0 Å². The van der Waals surface area contributed by atoms with Gasteiger partial charge >= 0.3 is 0 Å². The molecule has 0 spiro atoms. The van der Waals surface area contributed by atoms with E-state index in [9.17, 15) is 0 Å². The fraction of sp³-hybridized carbons (Fsp3) is 0.600. The summed E-state index contributed by atoms with van der Waals surface area (Å²) in [7, 11) is 1.77. The molecule has 2 heteroatoms. The van der Waals surface area contributed by atoms with Gasteiger partial charge in [-0.05, 0) is 30.9 Å². The van der Waals surface area contributed by atoms with Crippen LogP contribution in [-0.2, 0) is 4.74 Å². The maximum absolute atomic E-state index is 5.18. The van der Waals surface area contributed by atoms with Gasteiger partial charge in [-0.25, -0.2) is 0 Å². The number of methoxy groups -OCH3 is 1. The molecule has 0 aliphatic carbocycles. The fourth-order valence-electron chi connectivity index (χ4n) is 2.14. The number of rotatable bonds is 8. The molecular weight excluding hydrogens is 210 g/mol. The number of hydrogen-bond donors (Lipinski definition) is 1. The maximum Gasteiger partial charge on any atom is 0.0487 e. The minimum atomic E-state index is 0.473. The average Bonchev–Trinajstić information content (AvgIpc) is 2.36. The van der Waals surface area contributed by atoms with Crippen molar-refractivity contribution in [3.8, 4) is 0 Å². The lowest BCUT2D eigenvalue weighted by atomic mass is 9.97. The molecule has 1 aromatic rings. The Bertz CT molecular complexity index is 286. The van der Waals surface area contributed by atoms with Crippen LogP contribution < -0.4 is 5.32 Å². The summed E-state index contributed by atoms with van der Waals surface area (Å²) in [4.78, 5) is 0. The van der Waals surface area contributed by atoms with Gasteiger partial charge in [0.05, 0.1) is 0 Å². The second kappa shape index (κ2) is 8.26. The molecule has 0 bridgehead atoms. The molecule has 0 heterocycles. The Labute approximate surface area is 105 Å². The van der Waals surface area contributed by atoms with Crippen molar-refractivity contribution in [3.05, 3.63) is 35.9 Å². The predicted octanol–water partition coefficient (Wildman–Crippen LogP) is 3.40. The summed E-state index contributed by atoms with van der Waals surface area (Å²) in [5.74, 6) is 0.630. The van der Waals surface area contributed by atoms with Crippen LogP contribution in [0.5, 0.6) is 0 Å². The molecule has 96 valence electrons. The zero-order valence-electron chi connectivity index (χ0n) is 11.3. The van der Waals surface area contributed by atoms with E-state index in [0.29, 0.717) is 12.0 Å². The molecule has 1 aromatic carbocycles. The van der Waals surface area contributed by atoms with Gasteiger partial charge in [0.25, 0.3) is 0 Å². The van der Waals surface area contributed by atoms with Crippen LogP contribution in [-0.4, -0.2) is 20.3 Å². The Morgan fingerprint density at radius 1 is 1.18 bits per heavy atom. The molecule has 1 rings (SSSR count). The Balaban J connectivity index is 2.49. The molecule has 0 aliphatic rings. The Hall–Kier alpha value is -0.860. The number of nitrogens with one attached hydrogen (secondary N) is 1. The Morgan fingerprint density at radius 2 is 1.88 bits per heavy atom. The summed E-state index contributed by atoms with van der Waals surface area (Å²) in [6.07, 6.45) is 2.36. The van der Waals surface area contributed by atoms with Crippen LogP contribution in [0, 0.1) is 5.92 Å². The van der Waals surface area contributed by atoms with Gasteiger partial charge in [-0.3, -0.25) is 0 Å². The Kier molecular flexibility index (Phi) is 6.90. The van der Waals surface area contributed by atoms with E-state index in [-0.39, 0.29) is 0 Å². The van der Waals surface area contributed by atoms with Crippen LogP contribution in [0.1, 0.15) is 38.3 Å². The first kappa shape index (κ1) is 14.2. The van der Waals surface area contributed by atoms with E-state index in [1.807, 2.05) is 0 Å². The van der Waals surface area contributed by atoms with E-state index in [0.717, 1.165) is 13.2 Å². The third-order valence-corrected chi connectivity index (χ3v) is 3.05. The van der Waals surface area contributed by atoms with E-state index in [1.54, 1.807) is 7.11 Å². The number of benzene rings is 1. The van der Waals surface area contributed by atoms with E-state index >= 15 is 0 Å². The first-order valence-corrected chi connectivity index (χ1v) is 6.55. The summed E-state index contributed by atoms with van der Waals surface area (Å²) in [5, 5.41) is 3.56. The molecule has 17 heavy (non-hydrogen) atoms. The minimum absolute atomic E-state index is 0.473. The van der Waals surface area contributed by atoms with Gasteiger partial charge in [0.15, 0.2) is 0 Å². The average molecular weight is 235 g/mol. The molecule has 0 saturated carbocycles. The van der Waals surface area contributed by atoms with Crippen molar-refractivity contribution < 1.29 is 4.74 Å². The normalized spacial score (nSPS) is 14.5. The molecule has 0 saturated heterocycles. The zero-order chi connectivity index (χ0) is 12.5. The zero-order valence-corrected chi connectivity index (χ0v) is 11.3. The van der Waals surface area contributed by atoms with Gasteiger partial charge in [0.2, 0.25) is 0 Å². The first-order chi connectivity index (χ1) is 8.27. The molecule has 0 radical (unpaired) electrons. The molecule has 0 fully saturated rings. The highest BCUT2D eigenvalue weighted by molar-refractivity contribution is 5.18. The molecule has 0 amide bonds. The topological polar surface area (TPSA) is 21.3 Å². The van der Waals surface area contributed by atoms with Gasteiger partial charge in [-0.2, -0.15) is 0 Å². The quantitative estimate of drug-likeness (QED) is 0.745. The van der Waals surface area contributed by atoms with Crippen molar-refractivity contribution in [1.82, 2.24) is 5.32 Å². The van der Waals surface area contributed by atoms with E-state index in [1.165, 1.54) is 18.4 Å². The lowest BCUT2D eigenvalue weighted by Gasteiger charge is -2.20. The second-order valence-corrected chi connectivity index (χ2v) is 4.66. The predicted molar refractivity (Wildman–Crippen MR) is 73.1 cm³/mol. The number of hydrogen-bond acceptors (Lipinski definition) is 2. The van der Waals surface area contributed by atoms with E-state index in [4.69, 9.17) is 4.74 Å².